The summed E-state index contributed by atoms with van der Waals surface area (Å²) in [7, 11) is 0. The van der Waals surface area contributed by atoms with Gasteiger partial charge in [-0.15, -0.1) is 0 Å². The van der Waals surface area contributed by atoms with E-state index in [4.69, 9.17) is 4.52 Å². The van der Waals surface area contributed by atoms with Crippen LogP contribution < -0.4 is 0 Å². The van der Waals surface area contributed by atoms with Crippen molar-refractivity contribution in [1.82, 2.24) is 19.7 Å². The Labute approximate surface area is 127 Å². The van der Waals surface area contributed by atoms with Crippen LogP contribution in [0.4, 0.5) is 0 Å². The van der Waals surface area contributed by atoms with Crippen molar-refractivity contribution in [1.29, 1.82) is 0 Å². The van der Waals surface area contributed by atoms with E-state index in [0.29, 0.717) is 17.5 Å². The highest BCUT2D eigenvalue weighted by molar-refractivity contribution is 7.98. The molecule has 6 heteroatoms. The van der Waals surface area contributed by atoms with E-state index in [-0.39, 0.29) is 0 Å². The molecule has 0 bridgehead atoms. The molecule has 0 saturated carbocycles. The van der Waals surface area contributed by atoms with E-state index in [1.165, 1.54) is 5.56 Å². The summed E-state index contributed by atoms with van der Waals surface area (Å²) in [6.07, 6.45) is 3.77. The summed E-state index contributed by atoms with van der Waals surface area (Å²) in [5, 5.41) is 5.00. The molecule has 0 aliphatic heterocycles. The Morgan fingerprint density at radius 1 is 1.24 bits per heavy atom. The summed E-state index contributed by atoms with van der Waals surface area (Å²) in [4.78, 5) is 8.74. The number of nitrogens with zero attached hydrogens (tertiary/aromatic N) is 4. The first kappa shape index (κ1) is 13.9. The molecule has 0 saturated heterocycles. The molecule has 1 aromatic carbocycles. The van der Waals surface area contributed by atoms with Crippen molar-refractivity contribution in [3.8, 4) is 11.4 Å². The van der Waals surface area contributed by atoms with Crippen LogP contribution in [0.3, 0.4) is 0 Å². The van der Waals surface area contributed by atoms with Crippen molar-refractivity contribution in [2.45, 2.75) is 31.3 Å². The smallest absolute Gasteiger partial charge is 0.237 e. The first-order valence-electron chi connectivity index (χ1n) is 6.80. The van der Waals surface area contributed by atoms with Gasteiger partial charge in [-0.3, -0.25) is 0 Å². The van der Waals surface area contributed by atoms with Crippen LogP contribution in [0, 0.1) is 6.92 Å². The number of benzene rings is 1. The maximum absolute atomic E-state index is 5.30. The van der Waals surface area contributed by atoms with Gasteiger partial charge < -0.3 is 9.09 Å². The van der Waals surface area contributed by atoms with Gasteiger partial charge in [0.05, 0.1) is 5.75 Å². The molecule has 0 N–H and O–H groups in total. The third kappa shape index (κ3) is 3.16. The van der Waals surface area contributed by atoms with Gasteiger partial charge in [0.25, 0.3) is 0 Å². The minimum Gasteiger partial charge on any atom is -0.338 e. The molecule has 0 spiro atoms. The zero-order valence-corrected chi connectivity index (χ0v) is 12.8. The van der Waals surface area contributed by atoms with Crippen molar-refractivity contribution in [2.24, 2.45) is 0 Å². The Hall–Kier alpha value is -2.08. The molecule has 21 heavy (non-hydrogen) atoms. The van der Waals surface area contributed by atoms with Gasteiger partial charge in [0.1, 0.15) is 0 Å². The monoisotopic (exact) mass is 300 g/mol. The molecule has 0 atom stereocenters. The molecule has 2 aromatic heterocycles. The molecule has 3 rings (SSSR count). The molecule has 108 valence electrons. The number of hydrogen-bond acceptors (Lipinski definition) is 5. The number of rotatable bonds is 5. The second-order valence-corrected chi connectivity index (χ2v) is 5.60. The van der Waals surface area contributed by atoms with E-state index in [2.05, 4.69) is 33.5 Å². The van der Waals surface area contributed by atoms with Gasteiger partial charge in [0.2, 0.25) is 11.7 Å². The molecule has 3 aromatic rings. The Morgan fingerprint density at radius 2 is 2.05 bits per heavy atom. The van der Waals surface area contributed by atoms with E-state index in [0.717, 1.165) is 17.3 Å². The van der Waals surface area contributed by atoms with E-state index in [1.54, 1.807) is 18.0 Å². The summed E-state index contributed by atoms with van der Waals surface area (Å²) < 4.78 is 7.39. The van der Waals surface area contributed by atoms with Crippen molar-refractivity contribution in [2.75, 3.05) is 0 Å². The second-order valence-electron chi connectivity index (χ2n) is 4.66. The van der Waals surface area contributed by atoms with Crippen molar-refractivity contribution < 1.29 is 4.52 Å². The van der Waals surface area contributed by atoms with E-state index in [1.807, 2.05) is 30.5 Å². The largest absolute Gasteiger partial charge is 0.338 e. The highest BCUT2D eigenvalue weighted by Crippen LogP contribution is 2.22. The van der Waals surface area contributed by atoms with Crippen LogP contribution >= 0.6 is 11.8 Å². The summed E-state index contributed by atoms with van der Waals surface area (Å²) in [6, 6.07) is 8.08. The van der Waals surface area contributed by atoms with E-state index < -0.39 is 0 Å². The Morgan fingerprint density at radius 3 is 2.81 bits per heavy atom. The van der Waals surface area contributed by atoms with Gasteiger partial charge in [-0.25, -0.2) is 4.98 Å². The van der Waals surface area contributed by atoms with Gasteiger partial charge in [-0.2, -0.15) is 4.98 Å². The van der Waals surface area contributed by atoms with Gasteiger partial charge in [0.15, 0.2) is 5.16 Å². The van der Waals surface area contributed by atoms with Gasteiger partial charge in [0, 0.05) is 24.5 Å². The predicted molar refractivity (Wildman–Crippen MR) is 81.9 cm³/mol. The van der Waals surface area contributed by atoms with E-state index in [9.17, 15) is 0 Å². The summed E-state index contributed by atoms with van der Waals surface area (Å²) in [5.41, 5.74) is 2.18. The molecule has 0 aliphatic rings. The summed E-state index contributed by atoms with van der Waals surface area (Å²) in [6.45, 7) is 5.05. The minimum absolute atomic E-state index is 0.612. The van der Waals surface area contributed by atoms with Crippen LogP contribution in [-0.2, 0) is 12.3 Å². The van der Waals surface area contributed by atoms with E-state index >= 15 is 0 Å². The molecule has 0 radical (unpaired) electrons. The molecule has 5 nitrogen and oxygen atoms in total. The van der Waals surface area contributed by atoms with Gasteiger partial charge >= 0.3 is 0 Å². The summed E-state index contributed by atoms with van der Waals surface area (Å²) in [5.74, 6) is 1.86. The van der Waals surface area contributed by atoms with Crippen LogP contribution in [0.15, 0.2) is 46.3 Å². The zero-order chi connectivity index (χ0) is 14.7. The number of thioether (sulfide) groups is 1. The van der Waals surface area contributed by atoms with Gasteiger partial charge in [-0.05, 0) is 13.8 Å². The van der Waals surface area contributed by atoms with Crippen LogP contribution in [-0.4, -0.2) is 19.7 Å². The fourth-order valence-electron chi connectivity index (χ4n) is 1.94. The van der Waals surface area contributed by atoms with Crippen LogP contribution in [0.25, 0.3) is 11.4 Å². The van der Waals surface area contributed by atoms with Crippen molar-refractivity contribution in [3.05, 3.63) is 48.1 Å². The number of imidazole rings is 1. The van der Waals surface area contributed by atoms with Crippen LogP contribution in [0.1, 0.15) is 18.4 Å². The molecular weight excluding hydrogens is 284 g/mol. The van der Waals surface area contributed by atoms with Crippen molar-refractivity contribution >= 4 is 11.8 Å². The molecule has 0 amide bonds. The molecule has 0 aliphatic carbocycles. The fourth-order valence-corrected chi connectivity index (χ4v) is 2.80. The minimum atomic E-state index is 0.612. The highest BCUT2D eigenvalue weighted by Gasteiger charge is 2.10. The first-order valence-corrected chi connectivity index (χ1v) is 7.78. The van der Waals surface area contributed by atoms with Gasteiger partial charge in [-0.1, -0.05) is 46.7 Å². The Balaban J connectivity index is 1.69. The van der Waals surface area contributed by atoms with Crippen LogP contribution in [0.5, 0.6) is 0 Å². The Bertz CT molecular complexity index is 717. The quantitative estimate of drug-likeness (QED) is 0.674. The molecule has 2 heterocycles. The predicted octanol–water partition coefficient (Wildman–Crippen LogP) is 3.55. The lowest BCUT2D eigenvalue weighted by atomic mass is 10.1. The average molecular weight is 300 g/mol. The maximum Gasteiger partial charge on any atom is 0.237 e. The molecule has 0 unspecified atom stereocenters. The summed E-state index contributed by atoms with van der Waals surface area (Å²) >= 11 is 1.60. The van der Waals surface area contributed by atoms with Crippen LogP contribution in [0.2, 0.25) is 0 Å². The van der Waals surface area contributed by atoms with Crippen molar-refractivity contribution in [3.63, 3.8) is 0 Å². The first-order chi connectivity index (χ1) is 10.3. The maximum atomic E-state index is 5.30. The number of aromatic nitrogens is 4. The lowest BCUT2D eigenvalue weighted by molar-refractivity contribution is 0.391. The lowest BCUT2D eigenvalue weighted by Gasteiger charge is -2.01. The third-order valence-electron chi connectivity index (χ3n) is 3.12. The SMILES string of the molecule is CCn1ccnc1SCc1nc(-c2ccc(C)cc2)no1. The molecule has 0 fully saturated rings. The fraction of sp³-hybridized carbons (Fsp3) is 0.267. The standard InChI is InChI=1S/C15H16N4OS/c1-3-19-9-8-16-15(19)21-10-13-17-14(18-20-13)12-6-4-11(2)5-7-12/h4-9H,3,10H2,1-2H3. The normalized spacial score (nSPS) is 11.0. The average Bonchev–Trinajstić information content (AvgIpc) is 3.14. The third-order valence-corrected chi connectivity index (χ3v) is 4.11. The number of aryl methyl sites for hydroxylation is 2. The lowest BCUT2D eigenvalue weighted by Crippen LogP contribution is -1.94. The molecular formula is C15H16N4OS. The number of hydrogen-bond donors (Lipinski definition) is 0. The highest BCUT2D eigenvalue weighted by atomic mass is 32.2. The topological polar surface area (TPSA) is 56.7 Å². The Kier molecular flexibility index (Phi) is 4.06. The zero-order valence-electron chi connectivity index (χ0n) is 12.0. The second kappa shape index (κ2) is 6.13.